The lowest BCUT2D eigenvalue weighted by atomic mass is 9.91. The molecule has 5 nitrogen and oxygen atoms in total. The van der Waals surface area contributed by atoms with Crippen molar-refractivity contribution in [2.24, 2.45) is 0 Å². The van der Waals surface area contributed by atoms with Crippen LogP contribution in [0.15, 0.2) is 30.9 Å². The summed E-state index contributed by atoms with van der Waals surface area (Å²) in [4.78, 5) is 23.5. The third-order valence-corrected chi connectivity index (χ3v) is 5.03. The van der Waals surface area contributed by atoms with E-state index in [1.165, 1.54) is 6.08 Å². The van der Waals surface area contributed by atoms with E-state index < -0.39 is 0 Å². The van der Waals surface area contributed by atoms with Crippen LogP contribution in [0, 0.1) is 11.8 Å². The Balaban J connectivity index is 1.76. The lowest BCUT2D eigenvalue weighted by molar-refractivity contribution is -0.117. The molecule has 1 unspecified atom stereocenters. The minimum Gasteiger partial charge on any atom is -0.350 e. The standard InChI is InChI=1S/C20H23Cl2N3O2/c1-3-19(26)24-15-7-9-16(10-8-15)25-20(27)23-13(2)4-5-14-6-11-17(21)18(22)12-14/h3,6,11-13,15-16H,1,7-10H2,2H3,(H,24,26)(H2,23,25,27)/t13?,15-,16+. The van der Waals surface area contributed by atoms with E-state index in [1.54, 1.807) is 18.2 Å². The van der Waals surface area contributed by atoms with E-state index in [9.17, 15) is 9.59 Å². The van der Waals surface area contributed by atoms with E-state index in [1.807, 2.05) is 6.92 Å². The molecule has 7 heteroatoms. The highest BCUT2D eigenvalue weighted by Gasteiger charge is 2.23. The molecule has 0 spiro atoms. The molecule has 1 aliphatic carbocycles. The van der Waals surface area contributed by atoms with Crippen LogP contribution < -0.4 is 16.0 Å². The molecule has 0 heterocycles. The van der Waals surface area contributed by atoms with E-state index in [0.29, 0.717) is 10.0 Å². The number of urea groups is 1. The number of hydrogen-bond donors (Lipinski definition) is 3. The van der Waals surface area contributed by atoms with E-state index in [0.717, 1.165) is 31.2 Å². The summed E-state index contributed by atoms with van der Waals surface area (Å²) in [5, 5.41) is 9.59. The van der Waals surface area contributed by atoms with E-state index in [-0.39, 0.29) is 30.1 Å². The summed E-state index contributed by atoms with van der Waals surface area (Å²) >= 11 is 11.8. The smallest absolute Gasteiger partial charge is 0.315 e. The second-order valence-corrected chi connectivity index (χ2v) is 7.31. The van der Waals surface area contributed by atoms with Crippen molar-refractivity contribution in [1.82, 2.24) is 16.0 Å². The van der Waals surface area contributed by atoms with Gasteiger partial charge >= 0.3 is 6.03 Å². The molecule has 0 saturated heterocycles. The van der Waals surface area contributed by atoms with Crippen LogP contribution in [0.1, 0.15) is 38.2 Å². The molecule has 1 fully saturated rings. The Hall–Kier alpha value is -2.16. The summed E-state index contributed by atoms with van der Waals surface area (Å²) in [6, 6.07) is 4.83. The van der Waals surface area contributed by atoms with Gasteiger partial charge in [0.05, 0.1) is 16.1 Å². The molecule has 1 aromatic rings. The Morgan fingerprint density at radius 3 is 2.37 bits per heavy atom. The van der Waals surface area contributed by atoms with Gasteiger partial charge in [-0.15, -0.1) is 0 Å². The number of hydrogen-bond acceptors (Lipinski definition) is 2. The maximum Gasteiger partial charge on any atom is 0.315 e. The highest BCUT2D eigenvalue weighted by molar-refractivity contribution is 6.42. The lowest BCUT2D eigenvalue weighted by Gasteiger charge is -2.29. The van der Waals surface area contributed by atoms with Crippen LogP contribution in [0.2, 0.25) is 10.0 Å². The van der Waals surface area contributed by atoms with Crippen LogP contribution >= 0.6 is 23.2 Å². The van der Waals surface area contributed by atoms with Crippen molar-refractivity contribution in [3.63, 3.8) is 0 Å². The van der Waals surface area contributed by atoms with Crippen molar-refractivity contribution in [2.75, 3.05) is 0 Å². The zero-order valence-electron chi connectivity index (χ0n) is 15.1. The maximum atomic E-state index is 12.1. The van der Waals surface area contributed by atoms with Crippen LogP contribution in [0.4, 0.5) is 4.79 Å². The van der Waals surface area contributed by atoms with Crippen molar-refractivity contribution in [3.05, 3.63) is 46.5 Å². The largest absolute Gasteiger partial charge is 0.350 e. The van der Waals surface area contributed by atoms with Crippen molar-refractivity contribution < 1.29 is 9.59 Å². The van der Waals surface area contributed by atoms with Gasteiger partial charge in [-0.25, -0.2) is 4.79 Å². The summed E-state index contributed by atoms with van der Waals surface area (Å²) in [7, 11) is 0. The summed E-state index contributed by atoms with van der Waals surface area (Å²) in [5.41, 5.74) is 0.735. The Morgan fingerprint density at radius 2 is 1.78 bits per heavy atom. The average molecular weight is 408 g/mol. The molecule has 1 aliphatic rings. The number of halogens is 2. The molecule has 0 radical (unpaired) electrons. The first-order chi connectivity index (χ1) is 12.9. The van der Waals surface area contributed by atoms with Gasteiger partial charge in [-0.1, -0.05) is 41.6 Å². The molecule has 1 aromatic carbocycles. The van der Waals surface area contributed by atoms with Crippen molar-refractivity contribution in [2.45, 2.75) is 50.7 Å². The number of carbonyl (C=O) groups excluding carboxylic acids is 2. The van der Waals surface area contributed by atoms with Gasteiger partial charge in [-0.2, -0.15) is 0 Å². The first-order valence-corrected chi connectivity index (χ1v) is 9.59. The maximum absolute atomic E-state index is 12.1. The zero-order valence-corrected chi connectivity index (χ0v) is 16.7. The first-order valence-electron chi connectivity index (χ1n) is 8.84. The van der Waals surface area contributed by atoms with Gasteiger partial charge in [0, 0.05) is 17.6 Å². The average Bonchev–Trinajstić information content (AvgIpc) is 2.64. The molecule has 27 heavy (non-hydrogen) atoms. The molecule has 3 N–H and O–H groups in total. The minimum absolute atomic E-state index is 0.0946. The minimum atomic E-state index is -0.317. The van der Waals surface area contributed by atoms with Crippen LogP contribution in [0.5, 0.6) is 0 Å². The van der Waals surface area contributed by atoms with Crippen LogP contribution in [-0.4, -0.2) is 30.1 Å². The third-order valence-electron chi connectivity index (χ3n) is 4.29. The highest BCUT2D eigenvalue weighted by Crippen LogP contribution is 2.22. The summed E-state index contributed by atoms with van der Waals surface area (Å²) in [6.07, 6.45) is 4.57. The Bertz CT molecular complexity index is 762. The summed E-state index contributed by atoms with van der Waals surface area (Å²) in [5.74, 6) is 5.78. The van der Waals surface area contributed by atoms with E-state index >= 15 is 0 Å². The predicted octanol–water partition coefficient (Wildman–Crippen LogP) is 3.65. The van der Waals surface area contributed by atoms with E-state index in [2.05, 4.69) is 34.4 Å². The molecule has 1 atom stereocenters. The third kappa shape index (κ3) is 7.16. The molecule has 0 bridgehead atoms. The molecular weight excluding hydrogens is 385 g/mol. The quantitative estimate of drug-likeness (QED) is 0.526. The Morgan fingerprint density at radius 1 is 1.15 bits per heavy atom. The van der Waals surface area contributed by atoms with Gasteiger partial charge in [-0.05, 0) is 56.9 Å². The fraction of sp³-hybridized carbons (Fsp3) is 0.400. The van der Waals surface area contributed by atoms with Crippen molar-refractivity contribution >= 4 is 35.1 Å². The van der Waals surface area contributed by atoms with E-state index in [4.69, 9.17) is 23.2 Å². The number of benzene rings is 1. The number of rotatable bonds is 4. The SMILES string of the molecule is C=CC(=O)N[C@H]1CC[C@@H](NC(=O)NC(C)C#Cc2ccc(Cl)c(Cl)c2)CC1. The fourth-order valence-corrected chi connectivity index (χ4v) is 3.17. The zero-order chi connectivity index (χ0) is 19.8. The van der Waals surface area contributed by atoms with Gasteiger partial charge in [0.2, 0.25) is 5.91 Å². The van der Waals surface area contributed by atoms with Gasteiger partial charge in [-0.3, -0.25) is 4.79 Å². The Kier molecular flexibility index (Phi) is 8.02. The molecule has 1 saturated carbocycles. The number of nitrogens with one attached hydrogen (secondary N) is 3. The van der Waals surface area contributed by atoms with Crippen molar-refractivity contribution in [1.29, 1.82) is 0 Å². The topological polar surface area (TPSA) is 70.2 Å². The summed E-state index contributed by atoms with van der Waals surface area (Å²) in [6.45, 7) is 5.26. The normalized spacial score (nSPS) is 19.8. The molecule has 3 amide bonds. The van der Waals surface area contributed by atoms with Gasteiger partial charge < -0.3 is 16.0 Å². The molecule has 0 aromatic heterocycles. The van der Waals surface area contributed by atoms with Crippen LogP contribution in [-0.2, 0) is 4.79 Å². The van der Waals surface area contributed by atoms with Crippen LogP contribution in [0.25, 0.3) is 0 Å². The molecule has 0 aliphatic heterocycles. The number of carbonyl (C=O) groups is 2. The number of amides is 3. The lowest BCUT2D eigenvalue weighted by Crippen LogP contribution is -2.48. The molecule has 144 valence electrons. The molecule has 2 rings (SSSR count). The fourth-order valence-electron chi connectivity index (χ4n) is 2.87. The predicted molar refractivity (Wildman–Crippen MR) is 109 cm³/mol. The van der Waals surface area contributed by atoms with Crippen LogP contribution in [0.3, 0.4) is 0 Å². The van der Waals surface area contributed by atoms with Crippen molar-refractivity contribution in [3.8, 4) is 11.8 Å². The van der Waals surface area contributed by atoms with Gasteiger partial charge in [0.25, 0.3) is 0 Å². The summed E-state index contributed by atoms with van der Waals surface area (Å²) < 4.78 is 0. The molecular formula is C20H23Cl2N3O2. The Labute approximate surface area is 169 Å². The van der Waals surface area contributed by atoms with Gasteiger partial charge in [0.1, 0.15) is 0 Å². The second kappa shape index (κ2) is 10.2. The monoisotopic (exact) mass is 407 g/mol. The first kappa shape index (κ1) is 21.1. The highest BCUT2D eigenvalue weighted by atomic mass is 35.5. The van der Waals surface area contributed by atoms with Gasteiger partial charge in [0.15, 0.2) is 0 Å². The second-order valence-electron chi connectivity index (χ2n) is 6.50.